The number of ether oxygens (including phenoxy) is 2. The molecule has 1 aliphatic rings. The third-order valence-electron chi connectivity index (χ3n) is 3.30. The summed E-state index contributed by atoms with van der Waals surface area (Å²) in [5.41, 5.74) is -0.614. The predicted molar refractivity (Wildman–Crippen MR) is 77.8 cm³/mol. The molecule has 0 unspecified atom stereocenters. The molecule has 1 atom stereocenters. The van der Waals surface area contributed by atoms with Gasteiger partial charge in [0.1, 0.15) is 11.7 Å². The Kier molecular flexibility index (Phi) is 5.06. The van der Waals surface area contributed by atoms with E-state index in [2.05, 4.69) is 0 Å². The van der Waals surface area contributed by atoms with Crippen LogP contribution in [-0.4, -0.2) is 35.8 Å². The van der Waals surface area contributed by atoms with E-state index >= 15 is 0 Å². The lowest BCUT2D eigenvalue weighted by molar-refractivity contribution is 0.00730. The third kappa shape index (κ3) is 4.77. The monoisotopic (exact) mass is 331 g/mol. The van der Waals surface area contributed by atoms with Gasteiger partial charge in [0.2, 0.25) is 0 Å². The zero-order valence-electron chi connectivity index (χ0n) is 13.4. The summed E-state index contributed by atoms with van der Waals surface area (Å²) in [4.78, 5) is 13.5. The van der Waals surface area contributed by atoms with E-state index in [0.29, 0.717) is 31.5 Å². The van der Waals surface area contributed by atoms with Gasteiger partial charge in [-0.25, -0.2) is 18.0 Å². The Labute approximate surface area is 133 Å². The third-order valence-corrected chi connectivity index (χ3v) is 3.30. The van der Waals surface area contributed by atoms with Crippen LogP contribution in [0.2, 0.25) is 0 Å². The topological polar surface area (TPSA) is 38.8 Å². The Bertz CT molecular complexity index is 587. The lowest BCUT2D eigenvalue weighted by Crippen LogP contribution is -2.46. The highest BCUT2D eigenvalue weighted by Crippen LogP contribution is 2.25. The highest BCUT2D eigenvalue weighted by atomic mass is 19.2. The molecule has 128 valence electrons. The minimum Gasteiger partial charge on any atom is -0.485 e. The lowest BCUT2D eigenvalue weighted by Gasteiger charge is -2.34. The highest BCUT2D eigenvalue weighted by Gasteiger charge is 2.29. The molecule has 0 aromatic heterocycles. The molecular weight excluding hydrogens is 311 g/mol. The van der Waals surface area contributed by atoms with Crippen molar-refractivity contribution in [3.8, 4) is 5.75 Å². The molecule has 0 N–H and O–H groups in total. The van der Waals surface area contributed by atoms with E-state index in [1.165, 1.54) is 4.90 Å². The summed E-state index contributed by atoms with van der Waals surface area (Å²) in [6, 6.07) is 1.12. The van der Waals surface area contributed by atoms with Crippen LogP contribution in [0.1, 0.15) is 33.6 Å². The van der Waals surface area contributed by atoms with Crippen LogP contribution in [0.25, 0.3) is 0 Å². The van der Waals surface area contributed by atoms with Crippen LogP contribution in [-0.2, 0) is 4.74 Å². The van der Waals surface area contributed by atoms with Crippen LogP contribution in [0.3, 0.4) is 0 Å². The number of piperidine rings is 1. The van der Waals surface area contributed by atoms with Gasteiger partial charge in [-0.2, -0.15) is 0 Å². The van der Waals surface area contributed by atoms with Crippen molar-refractivity contribution in [2.24, 2.45) is 0 Å². The second kappa shape index (κ2) is 6.68. The molecule has 0 radical (unpaired) electrons. The Morgan fingerprint density at radius 2 is 1.83 bits per heavy atom. The summed E-state index contributed by atoms with van der Waals surface area (Å²) in [5.74, 6) is -3.78. The SMILES string of the molecule is CC(C)(C)OC(=O)N1CCC[C@@H](Oc2cc(F)c(F)cc2F)C1. The summed E-state index contributed by atoms with van der Waals surface area (Å²) in [6.07, 6.45) is 0.250. The number of carbonyl (C=O) groups is 1. The maximum atomic E-state index is 13.6. The number of benzene rings is 1. The van der Waals surface area contributed by atoms with Crippen LogP contribution in [0.5, 0.6) is 5.75 Å². The molecule has 1 heterocycles. The van der Waals surface area contributed by atoms with E-state index in [1.807, 2.05) is 0 Å². The zero-order valence-corrected chi connectivity index (χ0v) is 13.4. The smallest absolute Gasteiger partial charge is 0.410 e. The summed E-state index contributed by atoms with van der Waals surface area (Å²) in [5, 5.41) is 0. The minimum absolute atomic E-state index is 0.202. The van der Waals surface area contributed by atoms with Gasteiger partial charge < -0.3 is 14.4 Å². The fourth-order valence-corrected chi connectivity index (χ4v) is 2.30. The largest absolute Gasteiger partial charge is 0.485 e. The van der Waals surface area contributed by atoms with Crippen molar-refractivity contribution in [1.82, 2.24) is 4.90 Å². The first-order valence-electron chi connectivity index (χ1n) is 7.45. The van der Waals surface area contributed by atoms with Crippen molar-refractivity contribution < 1.29 is 27.4 Å². The molecule has 0 bridgehead atoms. The number of likely N-dealkylation sites (tertiary alicyclic amines) is 1. The van der Waals surface area contributed by atoms with Gasteiger partial charge in [0.15, 0.2) is 23.2 Å². The average molecular weight is 331 g/mol. The maximum Gasteiger partial charge on any atom is 0.410 e. The van der Waals surface area contributed by atoms with Gasteiger partial charge in [-0.1, -0.05) is 0 Å². The number of amides is 1. The fraction of sp³-hybridized carbons (Fsp3) is 0.562. The van der Waals surface area contributed by atoms with Gasteiger partial charge in [0.25, 0.3) is 0 Å². The van der Waals surface area contributed by atoms with Crippen LogP contribution in [0, 0.1) is 17.5 Å². The van der Waals surface area contributed by atoms with Gasteiger partial charge in [-0.15, -0.1) is 0 Å². The Morgan fingerprint density at radius 3 is 2.48 bits per heavy atom. The van der Waals surface area contributed by atoms with Gasteiger partial charge in [0, 0.05) is 18.7 Å². The van der Waals surface area contributed by atoms with E-state index in [4.69, 9.17) is 9.47 Å². The number of carbonyl (C=O) groups excluding carboxylic acids is 1. The molecule has 0 spiro atoms. The highest BCUT2D eigenvalue weighted by molar-refractivity contribution is 5.68. The molecule has 1 saturated heterocycles. The van der Waals surface area contributed by atoms with Crippen molar-refractivity contribution >= 4 is 6.09 Å². The number of halogens is 3. The molecule has 23 heavy (non-hydrogen) atoms. The number of hydrogen-bond donors (Lipinski definition) is 0. The molecule has 4 nitrogen and oxygen atoms in total. The Balaban J connectivity index is 2.02. The van der Waals surface area contributed by atoms with Crippen LogP contribution < -0.4 is 4.74 Å². The molecule has 0 saturated carbocycles. The normalized spacial score (nSPS) is 18.7. The summed E-state index contributed by atoms with van der Waals surface area (Å²) < 4.78 is 50.4. The quantitative estimate of drug-likeness (QED) is 0.772. The second-order valence-corrected chi connectivity index (χ2v) is 6.51. The summed E-state index contributed by atoms with van der Waals surface area (Å²) in [6.45, 7) is 6.00. The first-order valence-corrected chi connectivity index (χ1v) is 7.45. The Morgan fingerprint density at radius 1 is 1.17 bits per heavy atom. The van der Waals surface area contributed by atoms with Crippen molar-refractivity contribution in [1.29, 1.82) is 0 Å². The van der Waals surface area contributed by atoms with E-state index in [9.17, 15) is 18.0 Å². The van der Waals surface area contributed by atoms with Gasteiger partial charge in [0.05, 0.1) is 6.54 Å². The van der Waals surface area contributed by atoms with E-state index < -0.39 is 35.2 Å². The fourth-order valence-electron chi connectivity index (χ4n) is 2.30. The molecule has 1 aromatic rings. The molecule has 1 aliphatic heterocycles. The van der Waals surface area contributed by atoms with Crippen molar-refractivity contribution in [2.45, 2.75) is 45.3 Å². The molecule has 2 rings (SSSR count). The molecular formula is C16H20F3NO3. The molecule has 0 aliphatic carbocycles. The zero-order chi connectivity index (χ0) is 17.2. The van der Waals surface area contributed by atoms with E-state index in [-0.39, 0.29) is 12.3 Å². The van der Waals surface area contributed by atoms with Crippen LogP contribution >= 0.6 is 0 Å². The average Bonchev–Trinajstić information content (AvgIpc) is 2.43. The van der Waals surface area contributed by atoms with Crippen molar-refractivity contribution in [2.75, 3.05) is 13.1 Å². The molecule has 1 amide bonds. The molecule has 7 heteroatoms. The minimum atomic E-state index is -1.27. The first-order chi connectivity index (χ1) is 10.7. The first kappa shape index (κ1) is 17.4. The molecule has 1 aromatic carbocycles. The van der Waals surface area contributed by atoms with Gasteiger partial charge in [-0.05, 0) is 33.6 Å². The van der Waals surface area contributed by atoms with Gasteiger partial charge in [-0.3, -0.25) is 0 Å². The van der Waals surface area contributed by atoms with Crippen molar-refractivity contribution in [3.63, 3.8) is 0 Å². The number of hydrogen-bond acceptors (Lipinski definition) is 3. The standard InChI is InChI=1S/C16H20F3NO3/c1-16(2,3)23-15(21)20-6-4-5-10(9-20)22-14-8-12(18)11(17)7-13(14)19/h7-8,10H,4-6,9H2,1-3H3/t10-/m1/s1. The van der Waals surface area contributed by atoms with E-state index in [1.54, 1.807) is 20.8 Å². The van der Waals surface area contributed by atoms with Crippen molar-refractivity contribution in [3.05, 3.63) is 29.6 Å². The number of nitrogens with zero attached hydrogens (tertiary/aromatic N) is 1. The van der Waals surface area contributed by atoms with Crippen LogP contribution in [0.15, 0.2) is 12.1 Å². The van der Waals surface area contributed by atoms with Crippen LogP contribution in [0.4, 0.5) is 18.0 Å². The number of rotatable bonds is 2. The maximum absolute atomic E-state index is 13.6. The molecule has 1 fully saturated rings. The summed E-state index contributed by atoms with van der Waals surface area (Å²) in [7, 11) is 0. The second-order valence-electron chi connectivity index (χ2n) is 6.51. The van der Waals surface area contributed by atoms with Gasteiger partial charge >= 0.3 is 6.09 Å². The Hall–Kier alpha value is -1.92. The summed E-state index contributed by atoms with van der Waals surface area (Å²) >= 11 is 0. The predicted octanol–water partition coefficient (Wildman–Crippen LogP) is 3.88. The van der Waals surface area contributed by atoms with E-state index in [0.717, 1.165) is 0 Å². The lowest BCUT2D eigenvalue weighted by atomic mass is 10.1.